The van der Waals surface area contributed by atoms with Gasteiger partial charge in [0.15, 0.2) is 0 Å². The summed E-state index contributed by atoms with van der Waals surface area (Å²) in [5.41, 5.74) is 0.874. The summed E-state index contributed by atoms with van der Waals surface area (Å²) in [6.45, 7) is 3.52. The van der Waals surface area contributed by atoms with Crippen molar-refractivity contribution in [3.05, 3.63) is 46.9 Å². The zero-order valence-electron chi connectivity index (χ0n) is 11.2. The van der Waals surface area contributed by atoms with Gasteiger partial charge in [0.25, 0.3) is 0 Å². The molecule has 106 valence electrons. The second-order valence-corrected chi connectivity index (χ2v) is 4.33. The minimum absolute atomic E-state index is 0.0591. The zero-order chi connectivity index (χ0) is 14.7. The Morgan fingerprint density at radius 1 is 1.40 bits per heavy atom. The number of carbonyl (C=O) groups excluding carboxylic acids is 2. The van der Waals surface area contributed by atoms with Gasteiger partial charge in [0.2, 0.25) is 0 Å². The normalized spacial score (nSPS) is 18.4. The number of hydrogen-bond donors (Lipinski definition) is 2. The van der Waals surface area contributed by atoms with Crippen LogP contribution in [0.15, 0.2) is 35.5 Å². The molecular formula is C14H15FN2O3. The molecule has 2 amide bonds. The van der Waals surface area contributed by atoms with Crippen LogP contribution in [0.4, 0.5) is 9.18 Å². The van der Waals surface area contributed by atoms with E-state index in [1.807, 2.05) is 0 Å². The van der Waals surface area contributed by atoms with Crippen molar-refractivity contribution in [3.8, 4) is 0 Å². The van der Waals surface area contributed by atoms with Gasteiger partial charge in [-0.25, -0.2) is 14.0 Å². The molecule has 1 aromatic rings. The molecule has 1 aliphatic heterocycles. The van der Waals surface area contributed by atoms with Gasteiger partial charge in [-0.3, -0.25) is 0 Å². The van der Waals surface area contributed by atoms with E-state index >= 15 is 0 Å². The largest absolute Gasteiger partial charge is 0.461 e. The fourth-order valence-electron chi connectivity index (χ4n) is 2.07. The molecule has 0 spiro atoms. The lowest BCUT2D eigenvalue weighted by molar-refractivity contribution is -0.139. The van der Waals surface area contributed by atoms with Crippen molar-refractivity contribution in [3.63, 3.8) is 0 Å². The molecule has 0 saturated carbocycles. The molecule has 0 bridgehead atoms. The molecule has 0 saturated heterocycles. The Morgan fingerprint density at radius 2 is 2.10 bits per heavy atom. The van der Waals surface area contributed by atoms with Crippen LogP contribution < -0.4 is 10.6 Å². The van der Waals surface area contributed by atoms with Crippen LogP contribution >= 0.6 is 0 Å². The average Bonchev–Trinajstić information content (AvgIpc) is 2.42. The highest BCUT2D eigenvalue weighted by atomic mass is 19.1. The number of rotatable bonds is 3. The summed E-state index contributed by atoms with van der Waals surface area (Å²) in [7, 11) is 0. The van der Waals surface area contributed by atoms with Crippen LogP contribution in [-0.4, -0.2) is 18.6 Å². The van der Waals surface area contributed by atoms with Gasteiger partial charge in [-0.2, -0.15) is 0 Å². The molecule has 2 rings (SSSR count). The van der Waals surface area contributed by atoms with Crippen molar-refractivity contribution < 1.29 is 18.7 Å². The molecule has 5 nitrogen and oxygen atoms in total. The number of ether oxygens (including phenoxy) is 1. The molecule has 1 atom stereocenters. The lowest BCUT2D eigenvalue weighted by Gasteiger charge is -2.27. The van der Waals surface area contributed by atoms with Crippen LogP contribution in [-0.2, 0) is 9.53 Å². The minimum atomic E-state index is -0.690. The standard InChI is InChI=1S/C14H15FN2O3/c1-3-20-13(18)12-8(2)11(16-14(19)17-12)9-6-4-5-7-10(9)15/h4-7,11H,3H2,1-2H3,(H2,16,17,19)/t11-/m1/s1. The van der Waals surface area contributed by atoms with E-state index in [0.29, 0.717) is 11.1 Å². The Bertz CT molecular complexity index is 584. The third-order valence-corrected chi connectivity index (χ3v) is 3.04. The maximum Gasteiger partial charge on any atom is 0.354 e. The summed E-state index contributed by atoms with van der Waals surface area (Å²) in [5, 5.41) is 5.00. The fraction of sp³-hybridized carbons (Fsp3) is 0.286. The first-order valence-electron chi connectivity index (χ1n) is 6.24. The number of urea groups is 1. The monoisotopic (exact) mass is 278 g/mol. The topological polar surface area (TPSA) is 67.4 Å². The molecule has 0 aromatic heterocycles. The number of esters is 1. The third-order valence-electron chi connectivity index (χ3n) is 3.04. The molecule has 1 aromatic carbocycles. The first-order valence-corrected chi connectivity index (χ1v) is 6.24. The highest BCUT2D eigenvalue weighted by Gasteiger charge is 2.30. The van der Waals surface area contributed by atoms with E-state index in [9.17, 15) is 14.0 Å². The van der Waals surface area contributed by atoms with Gasteiger partial charge in [-0.05, 0) is 25.5 Å². The molecule has 1 aliphatic rings. The van der Waals surface area contributed by atoms with Crippen LogP contribution in [0.3, 0.4) is 0 Å². The van der Waals surface area contributed by atoms with Crippen molar-refractivity contribution in [2.45, 2.75) is 19.9 Å². The molecular weight excluding hydrogens is 263 g/mol. The summed E-state index contributed by atoms with van der Waals surface area (Å²) in [4.78, 5) is 23.4. The predicted molar refractivity (Wildman–Crippen MR) is 70.1 cm³/mol. The van der Waals surface area contributed by atoms with Gasteiger partial charge in [0.1, 0.15) is 11.5 Å². The average molecular weight is 278 g/mol. The van der Waals surface area contributed by atoms with E-state index < -0.39 is 23.9 Å². The molecule has 0 radical (unpaired) electrons. The Morgan fingerprint density at radius 3 is 2.75 bits per heavy atom. The lowest BCUT2D eigenvalue weighted by Crippen LogP contribution is -2.46. The Labute approximate surface area is 115 Å². The molecule has 6 heteroatoms. The maximum absolute atomic E-state index is 13.8. The Balaban J connectivity index is 2.43. The van der Waals surface area contributed by atoms with E-state index in [0.717, 1.165) is 0 Å². The molecule has 0 aliphatic carbocycles. The molecule has 20 heavy (non-hydrogen) atoms. The quantitative estimate of drug-likeness (QED) is 0.831. The van der Waals surface area contributed by atoms with Gasteiger partial charge in [0.05, 0.1) is 12.6 Å². The van der Waals surface area contributed by atoms with E-state index in [2.05, 4.69) is 10.6 Å². The van der Waals surface area contributed by atoms with E-state index in [1.165, 1.54) is 6.07 Å². The minimum Gasteiger partial charge on any atom is -0.461 e. The number of hydrogen-bond acceptors (Lipinski definition) is 3. The van der Waals surface area contributed by atoms with Gasteiger partial charge < -0.3 is 15.4 Å². The first kappa shape index (κ1) is 14.0. The molecule has 0 unspecified atom stereocenters. The summed E-state index contributed by atoms with van der Waals surface area (Å²) in [5.74, 6) is -1.07. The van der Waals surface area contributed by atoms with Crippen LogP contribution in [0, 0.1) is 5.82 Å². The van der Waals surface area contributed by atoms with Gasteiger partial charge in [-0.15, -0.1) is 0 Å². The second-order valence-electron chi connectivity index (χ2n) is 4.33. The third kappa shape index (κ3) is 2.64. The van der Waals surface area contributed by atoms with Crippen molar-refractivity contribution in [1.82, 2.24) is 10.6 Å². The van der Waals surface area contributed by atoms with Crippen molar-refractivity contribution in [2.24, 2.45) is 0 Å². The summed E-state index contributed by atoms with van der Waals surface area (Å²) < 4.78 is 18.7. The van der Waals surface area contributed by atoms with Crippen LogP contribution in [0.1, 0.15) is 25.5 Å². The van der Waals surface area contributed by atoms with Crippen molar-refractivity contribution >= 4 is 12.0 Å². The van der Waals surface area contributed by atoms with Gasteiger partial charge in [0, 0.05) is 5.56 Å². The summed E-state index contributed by atoms with van der Waals surface area (Å²) in [6, 6.07) is 4.85. The number of carbonyl (C=O) groups is 2. The number of amides is 2. The summed E-state index contributed by atoms with van der Waals surface area (Å²) in [6.07, 6.45) is 0. The highest BCUT2D eigenvalue weighted by molar-refractivity contribution is 5.96. The number of halogens is 1. The van der Waals surface area contributed by atoms with E-state index in [-0.39, 0.29) is 12.3 Å². The second kappa shape index (κ2) is 5.73. The van der Waals surface area contributed by atoms with Crippen LogP contribution in [0.5, 0.6) is 0 Å². The molecule has 0 fully saturated rings. The fourth-order valence-corrected chi connectivity index (χ4v) is 2.07. The SMILES string of the molecule is CCOC(=O)C1=C(C)[C@H](c2ccccc2F)NC(=O)N1. The molecule has 2 N–H and O–H groups in total. The zero-order valence-corrected chi connectivity index (χ0v) is 11.2. The first-order chi connectivity index (χ1) is 9.54. The van der Waals surface area contributed by atoms with Crippen LogP contribution in [0.2, 0.25) is 0 Å². The Kier molecular flexibility index (Phi) is 4.02. The summed E-state index contributed by atoms with van der Waals surface area (Å²) >= 11 is 0. The van der Waals surface area contributed by atoms with Crippen molar-refractivity contribution in [1.29, 1.82) is 0 Å². The predicted octanol–water partition coefficient (Wildman–Crippen LogP) is 2.02. The van der Waals surface area contributed by atoms with Crippen LogP contribution in [0.25, 0.3) is 0 Å². The lowest BCUT2D eigenvalue weighted by atomic mass is 9.96. The van der Waals surface area contributed by atoms with E-state index in [1.54, 1.807) is 32.0 Å². The maximum atomic E-state index is 13.8. The number of benzene rings is 1. The Hall–Kier alpha value is -2.37. The van der Waals surface area contributed by atoms with E-state index in [4.69, 9.17) is 4.74 Å². The van der Waals surface area contributed by atoms with Crippen molar-refractivity contribution in [2.75, 3.05) is 6.61 Å². The highest BCUT2D eigenvalue weighted by Crippen LogP contribution is 2.28. The number of nitrogens with one attached hydrogen (secondary N) is 2. The molecule has 1 heterocycles. The van der Waals surface area contributed by atoms with Gasteiger partial charge in [-0.1, -0.05) is 18.2 Å². The smallest absolute Gasteiger partial charge is 0.354 e. The van der Waals surface area contributed by atoms with Gasteiger partial charge >= 0.3 is 12.0 Å².